The maximum absolute atomic E-state index is 9.20. The Morgan fingerprint density at radius 1 is 1.06 bits per heavy atom. The molecule has 0 saturated heterocycles. The molecular weight excluding hydrogens is 232 g/mol. The fourth-order valence-electron chi connectivity index (χ4n) is 1.81. The molecule has 0 bridgehead atoms. The fourth-order valence-corrected chi connectivity index (χ4v) is 1.81. The molecule has 1 aromatic carbocycles. The number of nitrogens with one attached hydrogen (secondary N) is 2. The van der Waals surface area contributed by atoms with E-state index in [0.29, 0.717) is 6.54 Å². The SMILES string of the molecule is OCC(CO)(CO)NCc1ccc2cc[nH]c2c1. The highest BCUT2D eigenvalue weighted by atomic mass is 16.3. The average molecular weight is 250 g/mol. The van der Waals surface area contributed by atoms with Gasteiger partial charge in [0.1, 0.15) is 0 Å². The van der Waals surface area contributed by atoms with Crippen LogP contribution < -0.4 is 5.32 Å². The number of aromatic amines is 1. The van der Waals surface area contributed by atoms with Crippen molar-refractivity contribution in [2.45, 2.75) is 12.1 Å². The summed E-state index contributed by atoms with van der Waals surface area (Å²) < 4.78 is 0. The number of aromatic nitrogens is 1. The van der Waals surface area contributed by atoms with Gasteiger partial charge in [0.2, 0.25) is 0 Å². The summed E-state index contributed by atoms with van der Waals surface area (Å²) >= 11 is 0. The molecule has 0 saturated carbocycles. The molecule has 2 rings (SSSR count). The molecule has 0 aliphatic heterocycles. The highest BCUT2D eigenvalue weighted by Crippen LogP contribution is 2.14. The summed E-state index contributed by atoms with van der Waals surface area (Å²) in [5.74, 6) is 0. The molecule has 5 heteroatoms. The van der Waals surface area contributed by atoms with E-state index in [1.165, 1.54) is 0 Å². The molecule has 2 aromatic rings. The van der Waals surface area contributed by atoms with Gasteiger partial charge in [-0.15, -0.1) is 0 Å². The van der Waals surface area contributed by atoms with Crippen LogP contribution in [0.5, 0.6) is 0 Å². The van der Waals surface area contributed by atoms with E-state index in [0.717, 1.165) is 16.5 Å². The molecule has 0 spiro atoms. The molecule has 0 aliphatic carbocycles. The van der Waals surface area contributed by atoms with E-state index in [-0.39, 0.29) is 19.8 Å². The van der Waals surface area contributed by atoms with Gasteiger partial charge < -0.3 is 25.6 Å². The molecule has 18 heavy (non-hydrogen) atoms. The van der Waals surface area contributed by atoms with Gasteiger partial charge in [0, 0.05) is 18.3 Å². The number of fused-ring (bicyclic) bond motifs is 1. The number of aliphatic hydroxyl groups is 3. The highest BCUT2D eigenvalue weighted by molar-refractivity contribution is 5.79. The van der Waals surface area contributed by atoms with Gasteiger partial charge in [-0.1, -0.05) is 12.1 Å². The second-order valence-corrected chi connectivity index (χ2v) is 4.51. The summed E-state index contributed by atoms with van der Waals surface area (Å²) in [5.41, 5.74) is 1.02. The van der Waals surface area contributed by atoms with E-state index in [2.05, 4.69) is 10.3 Å². The van der Waals surface area contributed by atoms with Crippen LogP contribution in [-0.2, 0) is 6.54 Å². The number of hydrogen-bond acceptors (Lipinski definition) is 4. The maximum Gasteiger partial charge on any atom is 0.0884 e. The third-order valence-electron chi connectivity index (χ3n) is 3.19. The van der Waals surface area contributed by atoms with E-state index in [9.17, 15) is 15.3 Å². The van der Waals surface area contributed by atoms with E-state index >= 15 is 0 Å². The van der Waals surface area contributed by atoms with Crippen molar-refractivity contribution < 1.29 is 15.3 Å². The molecule has 0 fully saturated rings. The minimum Gasteiger partial charge on any atom is -0.394 e. The Kier molecular flexibility index (Phi) is 3.98. The average Bonchev–Trinajstić information content (AvgIpc) is 2.88. The Morgan fingerprint density at radius 3 is 2.44 bits per heavy atom. The Bertz CT molecular complexity index is 497. The van der Waals surface area contributed by atoms with Gasteiger partial charge in [-0.3, -0.25) is 0 Å². The number of H-pyrrole nitrogens is 1. The molecule has 1 aromatic heterocycles. The van der Waals surface area contributed by atoms with E-state index in [1.807, 2.05) is 30.5 Å². The lowest BCUT2D eigenvalue weighted by molar-refractivity contribution is 0.0414. The Balaban J connectivity index is 2.09. The Labute approximate surface area is 105 Å². The summed E-state index contributed by atoms with van der Waals surface area (Å²) in [4.78, 5) is 3.12. The first kappa shape index (κ1) is 13.0. The van der Waals surface area contributed by atoms with Gasteiger partial charge in [-0.2, -0.15) is 0 Å². The third kappa shape index (κ3) is 2.54. The standard InChI is InChI=1S/C13H18N2O3/c16-7-13(8-17,9-18)15-6-10-1-2-11-3-4-14-12(11)5-10/h1-5,14-18H,6-9H2. The maximum atomic E-state index is 9.20. The first-order valence-corrected chi connectivity index (χ1v) is 5.87. The largest absolute Gasteiger partial charge is 0.394 e. The molecular formula is C13H18N2O3. The van der Waals surface area contributed by atoms with Crippen LogP contribution in [0.3, 0.4) is 0 Å². The third-order valence-corrected chi connectivity index (χ3v) is 3.19. The number of benzene rings is 1. The molecule has 5 nitrogen and oxygen atoms in total. The van der Waals surface area contributed by atoms with Gasteiger partial charge in [-0.05, 0) is 23.1 Å². The monoisotopic (exact) mass is 250 g/mol. The molecule has 98 valence electrons. The van der Waals surface area contributed by atoms with Gasteiger partial charge in [0.25, 0.3) is 0 Å². The minimum atomic E-state index is -1.04. The highest BCUT2D eigenvalue weighted by Gasteiger charge is 2.26. The summed E-state index contributed by atoms with van der Waals surface area (Å²) in [5, 5.41) is 31.7. The van der Waals surface area contributed by atoms with Crippen LogP contribution in [0.25, 0.3) is 10.9 Å². The van der Waals surface area contributed by atoms with Crippen molar-refractivity contribution in [3.8, 4) is 0 Å². The predicted molar refractivity (Wildman–Crippen MR) is 69.1 cm³/mol. The van der Waals surface area contributed by atoms with Gasteiger partial charge in [0.15, 0.2) is 0 Å². The van der Waals surface area contributed by atoms with Gasteiger partial charge in [-0.25, -0.2) is 0 Å². The molecule has 0 aliphatic rings. The van der Waals surface area contributed by atoms with E-state index < -0.39 is 5.54 Å². The van der Waals surface area contributed by atoms with Crippen LogP contribution in [0.2, 0.25) is 0 Å². The predicted octanol–water partition coefficient (Wildman–Crippen LogP) is -0.0268. The van der Waals surface area contributed by atoms with E-state index in [1.54, 1.807) is 0 Å². The van der Waals surface area contributed by atoms with Crippen LogP contribution in [0.15, 0.2) is 30.5 Å². The molecule has 1 heterocycles. The van der Waals surface area contributed by atoms with Crippen molar-refractivity contribution >= 4 is 10.9 Å². The summed E-state index contributed by atoms with van der Waals surface area (Å²) in [6, 6.07) is 7.96. The zero-order chi connectivity index (χ0) is 13.0. The number of aliphatic hydroxyl groups excluding tert-OH is 3. The molecule has 0 atom stereocenters. The van der Waals surface area contributed by atoms with Crippen molar-refractivity contribution in [2.75, 3.05) is 19.8 Å². The van der Waals surface area contributed by atoms with Crippen LogP contribution in [-0.4, -0.2) is 45.7 Å². The second-order valence-electron chi connectivity index (χ2n) is 4.51. The number of rotatable bonds is 6. The summed E-state index contributed by atoms with van der Waals surface area (Å²) in [6.45, 7) is -0.475. The fraction of sp³-hybridized carbons (Fsp3) is 0.385. The van der Waals surface area contributed by atoms with Crippen LogP contribution >= 0.6 is 0 Å². The number of hydrogen-bond donors (Lipinski definition) is 5. The van der Waals surface area contributed by atoms with Gasteiger partial charge >= 0.3 is 0 Å². The zero-order valence-electron chi connectivity index (χ0n) is 10.1. The topological polar surface area (TPSA) is 88.5 Å². The van der Waals surface area contributed by atoms with Crippen molar-refractivity contribution in [1.82, 2.24) is 10.3 Å². The lowest BCUT2D eigenvalue weighted by Crippen LogP contribution is -2.54. The molecule has 0 amide bonds. The van der Waals surface area contributed by atoms with Crippen LogP contribution in [0.4, 0.5) is 0 Å². The molecule has 0 radical (unpaired) electrons. The lowest BCUT2D eigenvalue weighted by atomic mass is 10.0. The first-order chi connectivity index (χ1) is 8.73. The van der Waals surface area contributed by atoms with E-state index in [4.69, 9.17) is 0 Å². The zero-order valence-corrected chi connectivity index (χ0v) is 10.1. The normalized spacial score (nSPS) is 12.2. The van der Waals surface area contributed by atoms with Crippen LogP contribution in [0, 0.1) is 0 Å². The van der Waals surface area contributed by atoms with Crippen molar-refractivity contribution in [1.29, 1.82) is 0 Å². The Hall–Kier alpha value is -1.40. The summed E-state index contributed by atoms with van der Waals surface area (Å²) in [7, 11) is 0. The minimum absolute atomic E-state index is 0.315. The van der Waals surface area contributed by atoms with Crippen molar-refractivity contribution in [2.24, 2.45) is 0 Å². The van der Waals surface area contributed by atoms with Crippen molar-refractivity contribution in [3.63, 3.8) is 0 Å². The van der Waals surface area contributed by atoms with Crippen molar-refractivity contribution in [3.05, 3.63) is 36.0 Å². The first-order valence-electron chi connectivity index (χ1n) is 5.87. The molecule has 5 N–H and O–H groups in total. The van der Waals surface area contributed by atoms with Crippen LogP contribution in [0.1, 0.15) is 5.56 Å². The quantitative estimate of drug-likeness (QED) is 0.498. The Morgan fingerprint density at radius 2 is 1.78 bits per heavy atom. The van der Waals surface area contributed by atoms with Gasteiger partial charge in [0.05, 0.1) is 25.4 Å². The lowest BCUT2D eigenvalue weighted by Gasteiger charge is -2.28. The molecule has 0 unspecified atom stereocenters. The smallest absolute Gasteiger partial charge is 0.0884 e. The second kappa shape index (κ2) is 5.49. The summed E-state index contributed by atoms with van der Waals surface area (Å²) in [6.07, 6.45) is 1.88.